The van der Waals surface area contributed by atoms with Crippen LogP contribution in [-0.4, -0.2) is 28.9 Å². The molecule has 66 valence electrons. The minimum absolute atomic E-state index is 0.252. The molecule has 1 amide bonds. The smallest absolute Gasteiger partial charge is 0.340 e. The van der Waals surface area contributed by atoms with Crippen LogP contribution in [0.4, 0.5) is 0 Å². The molecule has 0 aliphatic heterocycles. The molecule has 0 heterocycles. The lowest BCUT2D eigenvalue weighted by molar-refractivity contribution is -0.136. The molecule has 0 radical (unpaired) electrons. The van der Waals surface area contributed by atoms with E-state index in [2.05, 4.69) is 6.58 Å². The zero-order valence-electron chi connectivity index (χ0n) is 7.07. The molecule has 0 unspecified atom stereocenters. The SMILES string of the molecule is C=CN(C)C(=O)/C(=C\C)C(=O)O. The molecular formula is C8H11NO3. The van der Waals surface area contributed by atoms with Gasteiger partial charge in [-0.15, -0.1) is 0 Å². The van der Waals surface area contributed by atoms with Crippen LogP contribution in [0.3, 0.4) is 0 Å². The van der Waals surface area contributed by atoms with Gasteiger partial charge in [-0.25, -0.2) is 4.79 Å². The van der Waals surface area contributed by atoms with Crippen molar-refractivity contribution in [2.75, 3.05) is 7.05 Å². The Morgan fingerprint density at radius 2 is 2.00 bits per heavy atom. The van der Waals surface area contributed by atoms with Gasteiger partial charge >= 0.3 is 5.97 Å². The second-order valence-corrected chi connectivity index (χ2v) is 2.11. The third-order valence-corrected chi connectivity index (χ3v) is 1.34. The van der Waals surface area contributed by atoms with E-state index in [4.69, 9.17) is 5.11 Å². The summed E-state index contributed by atoms with van der Waals surface area (Å²) in [5.74, 6) is -1.80. The van der Waals surface area contributed by atoms with Gasteiger partial charge in [0, 0.05) is 7.05 Å². The molecule has 0 aromatic heterocycles. The predicted molar refractivity (Wildman–Crippen MR) is 44.4 cm³/mol. The minimum atomic E-state index is -1.23. The average Bonchev–Trinajstić information content (AvgIpc) is 2.03. The van der Waals surface area contributed by atoms with Crippen molar-refractivity contribution in [3.63, 3.8) is 0 Å². The van der Waals surface area contributed by atoms with Crippen molar-refractivity contribution >= 4 is 11.9 Å². The number of carbonyl (C=O) groups is 2. The fourth-order valence-electron chi connectivity index (χ4n) is 0.611. The number of nitrogens with zero attached hydrogens (tertiary/aromatic N) is 1. The third-order valence-electron chi connectivity index (χ3n) is 1.34. The topological polar surface area (TPSA) is 57.6 Å². The van der Waals surface area contributed by atoms with E-state index in [9.17, 15) is 9.59 Å². The van der Waals surface area contributed by atoms with Crippen LogP contribution >= 0.6 is 0 Å². The van der Waals surface area contributed by atoms with Crippen LogP contribution in [0.2, 0.25) is 0 Å². The summed E-state index contributed by atoms with van der Waals surface area (Å²) in [7, 11) is 1.45. The maximum atomic E-state index is 11.2. The Labute approximate surface area is 70.8 Å². The highest BCUT2D eigenvalue weighted by atomic mass is 16.4. The van der Waals surface area contributed by atoms with E-state index < -0.39 is 11.9 Å². The summed E-state index contributed by atoms with van der Waals surface area (Å²) in [6.45, 7) is 4.84. The number of aliphatic carboxylic acids is 1. The first-order valence-corrected chi connectivity index (χ1v) is 3.34. The predicted octanol–water partition coefficient (Wildman–Crippen LogP) is 0.619. The van der Waals surface area contributed by atoms with Gasteiger partial charge in [0.25, 0.3) is 5.91 Å². The van der Waals surface area contributed by atoms with Crippen LogP contribution in [0.5, 0.6) is 0 Å². The fraction of sp³-hybridized carbons (Fsp3) is 0.250. The molecule has 0 aliphatic rings. The number of carbonyl (C=O) groups excluding carboxylic acids is 1. The standard InChI is InChI=1S/C8H11NO3/c1-4-6(8(11)12)7(10)9(3)5-2/h4-5H,2H2,1,3H3,(H,11,12)/b6-4+. The lowest BCUT2D eigenvalue weighted by Crippen LogP contribution is -2.26. The van der Waals surface area contributed by atoms with E-state index in [-0.39, 0.29) is 5.57 Å². The number of carboxylic acids is 1. The molecule has 0 saturated carbocycles. The first kappa shape index (κ1) is 10.4. The zero-order chi connectivity index (χ0) is 9.72. The van der Waals surface area contributed by atoms with Crippen molar-refractivity contribution in [1.29, 1.82) is 0 Å². The lowest BCUT2D eigenvalue weighted by Gasteiger charge is -2.10. The molecule has 0 fully saturated rings. The minimum Gasteiger partial charge on any atom is -0.478 e. The summed E-state index contributed by atoms with van der Waals surface area (Å²) >= 11 is 0. The van der Waals surface area contributed by atoms with E-state index in [1.165, 1.54) is 26.2 Å². The first-order valence-electron chi connectivity index (χ1n) is 3.34. The van der Waals surface area contributed by atoms with Gasteiger partial charge in [0.05, 0.1) is 0 Å². The highest BCUT2D eigenvalue weighted by Crippen LogP contribution is 2.00. The number of likely N-dealkylation sites (N-methyl/N-ethyl adjacent to an activating group) is 1. The van der Waals surface area contributed by atoms with Crippen molar-refractivity contribution in [3.8, 4) is 0 Å². The largest absolute Gasteiger partial charge is 0.478 e. The van der Waals surface area contributed by atoms with Crippen molar-refractivity contribution in [3.05, 3.63) is 24.4 Å². The number of allylic oxidation sites excluding steroid dienone is 1. The Balaban J connectivity index is 4.67. The van der Waals surface area contributed by atoms with E-state index in [0.29, 0.717) is 0 Å². The monoisotopic (exact) mass is 169 g/mol. The van der Waals surface area contributed by atoms with Crippen LogP contribution in [0.25, 0.3) is 0 Å². The highest BCUT2D eigenvalue weighted by molar-refractivity contribution is 6.15. The van der Waals surface area contributed by atoms with Crippen LogP contribution in [0.1, 0.15) is 6.92 Å². The van der Waals surface area contributed by atoms with Crippen LogP contribution in [-0.2, 0) is 9.59 Å². The lowest BCUT2D eigenvalue weighted by atomic mass is 10.2. The van der Waals surface area contributed by atoms with E-state index in [1.54, 1.807) is 0 Å². The summed E-state index contributed by atoms with van der Waals surface area (Å²) in [5, 5.41) is 8.54. The normalized spacial score (nSPS) is 10.7. The molecule has 4 nitrogen and oxygen atoms in total. The molecule has 0 rings (SSSR count). The van der Waals surface area contributed by atoms with Crippen LogP contribution in [0.15, 0.2) is 24.4 Å². The molecule has 0 spiro atoms. The average molecular weight is 169 g/mol. The number of hydrogen-bond acceptors (Lipinski definition) is 2. The van der Waals surface area contributed by atoms with E-state index in [0.717, 1.165) is 4.90 Å². The Kier molecular flexibility index (Phi) is 3.76. The number of carboxylic acid groups (broad SMARTS) is 1. The summed E-state index contributed by atoms with van der Waals surface area (Å²) in [4.78, 5) is 22.7. The fourth-order valence-corrected chi connectivity index (χ4v) is 0.611. The molecule has 0 bridgehead atoms. The first-order chi connectivity index (χ1) is 5.54. The molecule has 1 N–H and O–H groups in total. The van der Waals surface area contributed by atoms with Gasteiger partial charge in [-0.2, -0.15) is 0 Å². The molecular weight excluding hydrogens is 158 g/mol. The number of rotatable bonds is 3. The van der Waals surface area contributed by atoms with Crippen molar-refractivity contribution in [2.24, 2.45) is 0 Å². The maximum absolute atomic E-state index is 11.2. The third kappa shape index (κ3) is 2.23. The van der Waals surface area contributed by atoms with Crippen molar-refractivity contribution in [1.82, 2.24) is 4.90 Å². The molecule has 0 saturated heterocycles. The van der Waals surface area contributed by atoms with E-state index >= 15 is 0 Å². The van der Waals surface area contributed by atoms with Crippen molar-refractivity contribution in [2.45, 2.75) is 6.92 Å². The van der Waals surface area contributed by atoms with Gasteiger partial charge in [-0.1, -0.05) is 12.7 Å². The quantitative estimate of drug-likeness (QED) is 0.382. The molecule has 0 aromatic rings. The molecule has 4 heteroatoms. The van der Waals surface area contributed by atoms with E-state index in [1.807, 2.05) is 0 Å². The Morgan fingerprint density at radius 3 is 2.25 bits per heavy atom. The summed E-state index contributed by atoms with van der Waals surface area (Å²) < 4.78 is 0. The second-order valence-electron chi connectivity index (χ2n) is 2.11. The highest BCUT2D eigenvalue weighted by Gasteiger charge is 2.17. The Bertz CT molecular complexity index is 243. The number of hydrogen-bond donors (Lipinski definition) is 1. The van der Waals surface area contributed by atoms with Gasteiger partial charge in [0.15, 0.2) is 0 Å². The van der Waals surface area contributed by atoms with Crippen LogP contribution in [0, 0.1) is 0 Å². The summed E-state index contributed by atoms with van der Waals surface area (Å²) in [6, 6.07) is 0. The summed E-state index contributed by atoms with van der Waals surface area (Å²) in [5.41, 5.74) is -0.252. The van der Waals surface area contributed by atoms with Crippen LogP contribution < -0.4 is 0 Å². The Morgan fingerprint density at radius 1 is 1.50 bits per heavy atom. The maximum Gasteiger partial charge on any atom is 0.340 e. The molecule has 0 aliphatic carbocycles. The second kappa shape index (κ2) is 4.33. The number of amides is 1. The van der Waals surface area contributed by atoms with Gasteiger partial charge < -0.3 is 10.0 Å². The van der Waals surface area contributed by atoms with Gasteiger partial charge in [0.2, 0.25) is 0 Å². The van der Waals surface area contributed by atoms with Gasteiger partial charge in [0.1, 0.15) is 5.57 Å². The molecule has 0 aromatic carbocycles. The Hall–Kier alpha value is -1.58. The van der Waals surface area contributed by atoms with Crippen molar-refractivity contribution < 1.29 is 14.7 Å². The zero-order valence-corrected chi connectivity index (χ0v) is 7.07. The summed E-state index contributed by atoms with van der Waals surface area (Å²) in [6.07, 6.45) is 2.51. The molecule has 12 heavy (non-hydrogen) atoms. The van der Waals surface area contributed by atoms with Gasteiger partial charge in [-0.3, -0.25) is 4.79 Å². The molecule has 0 atom stereocenters. The van der Waals surface area contributed by atoms with Gasteiger partial charge in [-0.05, 0) is 13.1 Å².